The van der Waals surface area contributed by atoms with Crippen LogP contribution >= 0.6 is 0 Å². The number of hydrogen-bond donors (Lipinski definition) is 1. The van der Waals surface area contributed by atoms with Crippen LogP contribution in [0.15, 0.2) is 11.6 Å². The van der Waals surface area contributed by atoms with Crippen LogP contribution in [0.5, 0.6) is 0 Å². The highest BCUT2D eigenvalue weighted by atomic mass is 16.3. The maximum atomic E-state index is 10.2. The molecule has 3 atom stereocenters. The second kappa shape index (κ2) is 5.11. The Balaban J connectivity index is 2.19. The first kappa shape index (κ1) is 13.1. The van der Waals surface area contributed by atoms with Crippen LogP contribution in [-0.2, 0) is 0 Å². The SMILES string of the molecule is CCN(CC)C1C=C2CCC[C@H](O)[C@@]2(C)CC1. The smallest absolute Gasteiger partial charge is 0.0631 e. The van der Waals surface area contributed by atoms with Crippen LogP contribution in [0, 0.1) is 5.41 Å². The van der Waals surface area contributed by atoms with Crippen molar-refractivity contribution in [2.45, 2.75) is 65.0 Å². The van der Waals surface area contributed by atoms with Crippen molar-refractivity contribution < 1.29 is 5.11 Å². The monoisotopic (exact) mass is 237 g/mol. The van der Waals surface area contributed by atoms with E-state index in [-0.39, 0.29) is 11.5 Å². The highest BCUT2D eigenvalue weighted by Gasteiger charge is 2.42. The largest absolute Gasteiger partial charge is 0.392 e. The molecule has 2 heteroatoms. The topological polar surface area (TPSA) is 23.5 Å². The van der Waals surface area contributed by atoms with Crippen LogP contribution in [0.1, 0.15) is 52.9 Å². The highest BCUT2D eigenvalue weighted by molar-refractivity contribution is 5.24. The zero-order valence-corrected chi connectivity index (χ0v) is 11.6. The zero-order valence-electron chi connectivity index (χ0n) is 11.6. The van der Waals surface area contributed by atoms with Gasteiger partial charge in [0.1, 0.15) is 0 Å². The summed E-state index contributed by atoms with van der Waals surface area (Å²) in [5, 5.41) is 10.2. The second-order valence-electron chi connectivity index (χ2n) is 5.84. The molecule has 2 aliphatic rings. The van der Waals surface area contributed by atoms with Crippen molar-refractivity contribution >= 4 is 0 Å². The fourth-order valence-electron chi connectivity index (χ4n) is 3.65. The maximum absolute atomic E-state index is 10.2. The van der Waals surface area contributed by atoms with Crippen molar-refractivity contribution in [3.63, 3.8) is 0 Å². The Kier molecular flexibility index (Phi) is 3.94. The van der Waals surface area contributed by atoms with Crippen LogP contribution in [-0.4, -0.2) is 35.2 Å². The molecule has 1 unspecified atom stereocenters. The van der Waals surface area contributed by atoms with Crippen LogP contribution in [0.25, 0.3) is 0 Å². The summed E-state index contributed by atoms with van der Waals surface area (Å²) in [6.45, 7) is 9.01. The molecule has 1 N–H and O–H groups in total. The van der Waals surface area contributed by atoms with E-state index >= 15 is 0 Å². The van der Waals surface area contributed by atoms with Gasteiger partial charge < -0.3 is 5.11 Å². The Bertz CT molecular complexity index is 295. The molecule has 0 spiro atoms. The fraction of sp³-hybridized carbons (Fsp3) is 0.867. The van der Waals surface area contributed by atoms with Crippen molar-refractivity contribution in [2.24, 2.45) is 5.41 Å². The number of aliphatic hydroxyl groups is 1. The lowest BCUT2D eigenvalue weighted by Gasteiger charge is -2.46. The van der Waals surface area contributed by atoms with Crippen LogP contribution in [0.2, 0.25) is 0 Å². The first-order valence-electron chi connectivity index (χ1n) is 7.25. The number of fused-ring (bicyclic) bond motifs is 1. The third-order valence-corrected chi connectivity index (χ3v) is 5.03. The third-order valence-electron chi connectivity index (χ3n) is 5.03. The van der Waals surface area contributed by atoms with Crippen LogP contribution < -0.4 is 0 Å². The molecule has 0 amide bonds. The van der Waals surface area contributed by atoms with Gasteiger partial charge in [-0.15, -0.1) is 0 Å². The molecule has 0 aromatic carbocycles. The zero-order chi connectivity index (χ0) is 12.5. The highest BCUT2D eigenvalue weighted by Crippen LogP contribution is 2.47. The second-order valence-corrected chi connectivity index (χ2v) is 5.84. The summed E-state index contributed by atoms with van der Waals surface area (Å²) in [5.41, 5.74) is 1.61. The molecule has 0 aliphatic heterocycles. The Morgan fingerprint density at radius 2 is 2.06 bits per heavy atom. The first-order valence-corrected chi connectivity index (χ1v) is 7.25. The molecule has 2 aliphatic carbocycles. The molecule has 2 rings (SSSR count). The summed E-state index contributed by atoms with van der Waals surface area (Å²) in [6.07, 6.45) is 8.07. The van der Waals surface area contributed by atoms with E-state index in [1.807, 2.05) is 0 Å². The number of aliphatic hydroxyl groups excluding tert-OH is 1. The van der Waals surface area contributed by atoms with E-state index in [1.54, 1.807) is 0 Å². The van der Waals surface area contributed by atoms with Gasteiger partial charge in [-0.05, 0) is 45.2 Å². The van der Waals surface area contributed by atoms with Crippen LogP contribution in [0.4, 0.5) is 0 Å². The van der Waals surface area contributed by atoms with E-state index in [2.05, 4.69) is 31.7 Å². The molecule has 0 aromatic heterocycles. The van der Waals surface area contributed by atoms with E-state index in [0.717, 1.165) is 32.4 Å². The number of hydrogen-bond acceptors (Lipinski definition) is 2. The third kappa shape index (κ3) is 2.30. The van der Waals surface area contributed by atoms with Gasteiger partial charge in [-0.2, -0.15) is 0 Å². The van der Waals surface area contributed by atoms with Crippen molar-refractivity contribution in [2.75, 3.05) is 13.1 Å². The van der Waals surface area contributed by atoms with Gasteiger partial charge in [0.05, 0.1) is 6.10 Å². The lowest BCUT2D eigenvalue weighted by molar-refractivity contribution is 0.0187. The lowest BCUT2D eigenvalue weighted by atomic mass is 9.63. The minimum Gasteiger partial charge on any atom is -0.392 e. The summed E-state index contributed by atoms with van der Waals surface area (Å²) >= 11 is 0. The molecular formula is C15H27NO. The molecule has 0 heterocycles. The standard InChI is InChI=1S/C15H27NO/c1-4-16(5-2)13-9-10-15(3)12(11-13)7-6-8-14(15)17/h11,13-14,17H,4-10H2,1-3H3/t13?,14-,15-/m0/s1. The minimum absolute atomic E-state index is 0.0852. The minimum atomic E-state index is -0.111. The normalized spacial score (nSPS) is 37.8. The van der Waals surface area contributed by atoms with Crippen molar-refractivity contribution in [1.29, 1.82) is 0 Å². The average Bonchev–Trinajstić information content (AvgIpc) is 2.33. The first-order chi connectivity index (χ1) is 8.11. The molecule has 0 saturated heterocycles. The Labute approximate surface area is 106 Å². The molecule has 1 saturated carbocycles. The van der Waals surface area contributed by atoms with Gasteiger partial charge in [-0.25, -0.2) is 0 Å². The fourth-order valence-corrected chi connectivity index (χ4v) is 3.65. The van der Waals surface area contributed by atoms with Crippen molar-refractivity contribution in [3.05, 3.63) is 11.6 Å². The molecule has 0 aromatic rings. The van der Waals surface area contributed by atoms with E-state index in [9.17, 15) is 5.11 Å². The number of nitrogens with zero attached hydrogens (tertiary/aromatic N) is 1. The Hall–Kier alpha value is -0.340. The van der Waals surface area contributed by atoms with Gasteiger partial charge in [0.15, 0.2) is 0 Å². The number of likely N-dealkylation sites (N-methyl/N-ethyl adjacent to an activating group) is 1. The van der Waals surface area contributed by atoms with E-state index in [0.29, 0.717) is 6.04 Å². The molecule has 1 fully saturated rings. The van der Waals surface area contributed by atoms with Gasteiger partial charge >= 0.3 is 0 Å². The van der Waals surface area contributed by atoms with E-state index in [4.69, 9.17) is 0 Å². The molecule has 0 radical (unpaired) electrons. The van der Waals surface area contributed by atoms with Crippen molar-refractivity contribution in [3.8, 4) is 0 Å². The van der Waals surface area contributed by atoms with Gasteiger partial charge in [-0.3, -0.25) is 4.90 Å². The maximum Gasteiger partial charge on any atom is 0.0631 e. The quantitative estimate of drug-likeness (QED) is 0.763. The number of rotatable bonds is 3. The Morgan fingerprint density at radius 3 is 2.71 bits per heavy atom. The predicted octanol–water partition coefficient (Wildman–Crippen LogP) is 2.97. The predicted molar refractivity (Wildman–Crippen MR) is 72.0 cm³/mol. The van der Waals surface area contributed by atoms with Crippen molar-refractivity contribution in [1.82, 2.24) is 4.90 Å². The van der Waals surface area contributed by atoms with Crippen LogP contribution in [0.3, 0.4) is 0 Å². The molecular weight excluding hydrogens is 210 g/mol. The van der Waals surface area contributed by atoms with Gasteiger partial charge in [-0.1, -0.05) is 32.4 Å². The van der Waals surface area contributed by atoms with E-state index in [1.165, 1.54) is 18.4 Å². The molecule has 2 nitrogen and oxygen atoms in total. The van der Waals surface area contributed by atoms with Gasteiger partial charge in [0, 0.05) is 11.5 Å². The molecule has 17 heavy (non-hydrogen) atoms. The summed E-state index contributed by atoms with van der Waals surface area (Å²) < 4.78 is 0. The van der Waals surface area contributed by atoms with Gasteiger partial charge in [0.25, 0.3) is 0 Å². The average molecular weight is 237 g/mol. The molecule has 98 valence electrons. The summed E-state index contributed by atoms with van der Waals surface area (Å²) in [6, 6.07) is 0.610. The van der Waals surface area contributed by atoms with Gasteiger partial charge in [0.2, 0.25) is 0 Å². The lowest BCUT2D eigenvalue weighted by Crippen LogP contribution is -2.44. The summed E-state index contributed by atoms with van der Waals surface area (Å²) in [7, 11) is 0. The summed E-state index contributed by atoms with van der Waals surface area (Å²) in [4.78, 5) is 2.54. The summed E-state index contributed by atoms with van der Waals surface area (Å²) in [5.74, 6) is 0. The Morgan fingerprint density at radius 1 is 1.35 bits per heavy atom. The van der Waals surface area contributed by atoms with E-state index < -0.39 is 0 Å². The molecule has 0 bridgehead atoms.